The molecule has 7 heteroatoms. The van der Waals surface area contributed by atoms with E-state index in [2.05, 4.69) is 15.9 Å². The van der Waals surface area contributed by atoms with Gasteiger partial charge < -0.3 is 9.47 Å². The first-order valence-corrected chi connectivity index (χ1v) is 7.70. The van der Waals surface area contributed by atoms with E-state index in [9.17, 15) is 14.4 Å². The van der Waals surface area contributed by atoms with Gasteiger partial charge in [0.1, 0.15) is 0 Å². The van der Waals surface area contributed by atoms with E-state index in [0.29, 0.717) is 21.5 Å². The lowest BCUT2D eigenvalue weighted by atomic mass is 10.0. The van der Waals surface area contributed by atoms with Crippen LogP contribution >= 0.6 is 27.5 Å². The van der Waals surface area contributed by atoms with E-state index >= 15 is 0 Å². The second-order valence-corrected chi connectivity index (χ2v) is 5.81. The first-order chi connectivity index (χ1) is 10.4. The summed E-state index contributed by atoms with van der Waals surface area (Å²) in [5, 5.41) is -0.511. The Morgan fingerprint density at radius 1 is 1.05 bits per heavy atom. The van der Waals surface area contributed by atoms with Gasteiger partial charge in [0.05, 0.1) is 14.2 Å². The maximum atomic E-state index is 11.9. The number of hydrogen-bond donors (Lipinski definition) is 0. The Labute approximate surface area is 142 Å². The summed E-state index contributed by atoms with van der Waals surface area (Å²) in [4.78, 5) is 34.3. The number of carbonyl (C=O) groups excluding carboxylic acids is 3. The van der Waals surface area contributed by atoms with Crippen molar-refractivity contribution in [1.82, 2.24) is 0 Å². The zero-order valence-electron chi connectivity index (χ0n) is 12.3. The van der Waals surface area contributed by atoms with E-state index in [1.54, 1.807) is 12.1 Å². The second-order valence-electron chi connectivity index (χ2n) is 4.53. The lowest BCUT2D eigenvalue weighted by molar-refractivity contribution is -0.136. The number of rotatable bonds is 9. The number of hydrogen-bond acceptors (Lipinski definition) is 5. The molecule has 0 radical (unpaired) electrons. The Morgan fingerprint density at radius 3 is 2.18 bits per heavy atom. The zero-order chi connectivity index (χ0) is 16.7. The Bertz CT molecular complexity index is 586. The van der Waals surface area contributed by atoms with Crippen molar-refractivity contribution in [3.8, 4) is 11.5 Å². The fourth-order valence-electron chi connectivity index (χ4n) is 1.83. The Morgan fingerprint density at radius 2 is 1.64 bits per heavy atom. The Balaban J connectivity index is 2.75. The van der Waals surface area contributed by atoms with E-state index in [1.807, 2.05) is 0 Å². The quantitative estimate of drug-likeness (QED) is 0.478. The molecular weight excluding hydrogens is 376 g/mol. The normalized spacial score (nSPS) is 10.2. The van der Waals surface area contributed by atoms with Crippen LogP contribution in [-0.4, -0.2) is 31.0 Å². The third kappa shape index (κ3) is 5.42. The summed E-state index contributed by atoms with van der Waals surface area (Å²) < 4.78 is 11.0. The number of ketones is 2. The van der Waals surface area contributed by atoms with Gasteiger partial charge >= 0.3 is 0 Å². The molecule has 22 heavy (non-hydrogen) atoms. The van der Waals surface area contributed by atoms with Gasteiger partial charge in [-0.25, -0.2) is 0 Å². The Kier molecular flexibility index (Phi) is 7.55. The molecule has 0 amide bonds. The minimum atomic E-state index is -0.519. The third-order valence-electron chi connectivity index (χ3n) is 2.99. The average molecular weight is 392 g/mol. The van der Waals surface area contributed by atoms with Crippen LogP contribution in [0.2, 0.25) is 0 Å². The molecule has 5 nitrogen and oxygen atoms in total. The van der Waals surface area contributed by atoms with Crippen LogP contribution in [0, 0.1) is 0 Å². The van der Waals surface area contributed by atoms with Gasteiger partial charge in [-0.3, -0.25) is 14.4 Å². The molecule has 1 rings (SSSR count). The second kappa shape index (κ2) is 8.90. The van der Waals surface area contributed by atoms with Crippen molar-refractivity contribution in [2.75, 3.05) is 14.2 Å². The molecule has 0 spiro atoms. The summed E-state index contributed by atoms with van der Waals surface area (Å²) in [6, 6.07) is 3.33. The summed E-state index contributed by atoms with van der Waals surface area (Å²) in [6.45, 7) is 0. The summed E-state index contributed by atoms with van der Waals surface area (Å²) in [5.41, 5.74) is 0.629. The standard InChI is InChI=1S/C15H16BrClO5/c1-21-13-7-9(10(16)8-14(13)22-2)6-12(19)11(18)4-3-5-15(17)20/h7-8H,3-6H2,1-2H3. The number of halogens is 2. The Hall–Kier alpha value is -1.40. The molecule has 120 valence electrons. The zero-order valence-corrected chi connectivity index (χ0v) is 14.6. The molecular formula is C15H16BrClO5. The highest BCUT2D eigenvalue weighted by Gasteiger charge is 2.18. The molecule has 1 aromatic rings. The van der Waals surface area contributed by atoms with Crippen molar-refractivity contribution in [3.63, 3.8) is 0 Å². The minimum Gasteiger partial charge on any atom is -0.493 e. The number of benzene rings is 1. The van der Waals surface area contributed by atoms with Crippen LogP contribution in [0.5, 0.6) is 11.5 Å². The van der Waals surface area contributed by atoms with Crippen LogP contribution in [0.3, 0.4) is 0 Å². The summed E-state index contributed by atoms with van der Waals surface area (Å²) in [7, 11) is 3.00. The minimum absolute atomic E-state index is 0.0161. The van der Waals surface area contributed by atoms with Crippen molar-refractivity contribution in [2.45, 2.75) is 25.7 Å². The van der Waals surface area contributed by atoms with Crippen LogP contribution in [0.15, 0.2) is 16.6 Å². The van der Waals surface area contributed by atoms with Crippen molar-refractivity contribution >= 4 is 44.3 Å². The number of methoxy groups -OCH3 is 2. The summed E-state index contributed by atoms with van der Waals surface area (Å²) in [6.07, 6.45) is 0.331. The SMILES string of the molecule is COc1cc(Br)c(CC(=O)C(=O)CCCC(=O)Cl)cc1OC. The maximum absolute atomic E-state index is 11.9. The first kappa shape index (κ1) is 18.6. The fraction of sp³-hybridized carbons (Fsp3) is 0.400. The predicted octanol–water partition coefficient (Wildman–Crippen LogP) is 3.08. The van der Waals surface area contributed by atoms with E-state index in [0.717, 1.165) is 0 Å². The van der Waals surface area contributed by atoms with Crippen molar-refractivity contribution in [3.05, 3.63) is 22.2 Å². The summed E-state index contributed by atoms with van der Waals surface area (Å²) >= 11 is 8.53. The largest absolute Gasteiger partial charge is 0.493 e. The molecule has 0 saturated heterocycles. The highest BCUT2D eigenvalue weighted by atomic mass is 79.9. The van der Waals surface area contributed by atoms with Crippen molar-refractivity contribution in [1.29, 1.82) is 0 Å². The van der Waals surface area contributed by atoms with Gasteiger partial charge in [0.15, 0.2) is 17.3 Å². The fourth-order valence-corrected chi connectivity index (χ4v) is 2.43. The van der Waals surface area contributed by atoms with Crippen LogP contribution in [0.1, 0.15) is 24.8 Å². The van der Waals surface area contributed by atoms with Gasteiger partial charge in [0.25, 0.3) is 0 Å². The van der Waals surface area contributed by atoms with E-state index in [1.165, 1.54) is 14.2 Å². The van der Waals surface area contributed by atoms with Crippen molar-refractivity contribution < 1.29 is 23.9 Å². The number of carbonyl (C=O) groups is 3. The van der Waals surface area contributed by atoms with Gasteiger partial charge in [0, 0.05) is 23.7 Å². The first-order valence-electron chi connectivity index (χ1n) is 6.53. The molecule has 0 aliphatic rings. The third-order valence-corrected chi connectivity index (χ3v) is 3.92. The van der Waals surface area contributed by atoms with Crippen LogP contribution in [0.25, 0.3) is 0 Å². The van der Waals surface area contributed by atoms with Gasteiger partial charge in [-0.15, -0.1) is 0 Å². The molecule has 0 fully saturated rings. The highest BCUT2D eigenvalue weighted by molar-refractivity contribution is 9.10. The number of Topliss-reactive ketones (excluding diaryl/α,β-unsaturated/α-hetero) is 2. The lowest BCUT2D eigenvalue weighted by Gasteiger charge is -2.11. The van der Waals surface area contributed by atoms with E-state index in [-0.39, 0.29) is 25.7 Å². The average Bonchev–Trinajstić information content (AvgIpc) is 2.48. The molecule has 0 bridgehead atoms. The molecule has 0 heterocycles. The van der Waals surface area contributed by atoms with Crippen molar-refractivity contribution in [2.24, 2.45) is 0 Å². The monoisotopic (exact) mass is 390 g/mol. The topological polar surface area (TPSA) is 69.7 Å². The van der Waals surface area contributed by atoms with Gasteiger partial charge in [0.2, 0.25) is 11.0 Å². The van der Waals surface area contributed by atoms with E-state index in [4.69, 9.17) is 21.1 Å². The predicted molar refractivity (Wildman–Crippen MR) is 85.7 cm³/mol. The molecule has 0 N–H and O–H groups in total. The van der Waals surface area contributed by atoms with Gasteiger partial charge in [-0.2, -0.15) is 0 Å². The van der Waals surface area contributed by atoms with E-state index < -0.39 is 16.8 Å². The molecule has 0 atom stereocenters. The molecule has 0 saturated carbocycles. The molecule has 0 unspecified atom stereocenters. The van der Waals surface area contributed by atoms with Crippen LogP contribution < -0.4 is 9.47 Å². The summed E-state index contributed by atoms with van der Waals surface area (Å²) in [5.74, 6) is -0.0271. The molecule has 1 aromatic carbocycles. The number of ether oxygens (including phenoxy) is 2. The molecule has 0 aliphatic carbocycles. The highest BCUT2D eigenvalue weighted by Crippen LogP contribution is 2.33. The lowest BCUT2D eigenvalue weighted by Crippen LogP contribution is -2.16. The smallest absolute Gasteiger partial charge is 0.221 e. The van der Waals surface area contributed by atoms with Gasteiger partial charge in [-0.05, 0) is 35.7 Å². The maximum Gasteiger partial charge on any atom is 0.221 e. The van der Waals surface area contributed by atoms with Crippen LogP contribution in [-0.2, 0) is 20.8 Å². The molecule has 0 aromatic heterocycles. The van der Waals surface area contributed by atoms with Crippen LogP contribution in [0.4, 0.5) is 0 Å². The van der Waals surface area contributed by atoms with Gasteiger partial charge in [-0.1, -0.05) is 15.9 Å². The molecule has 0 aliphatic heterocycles.